The van der Waals surface area contributed by atoms with Gasteiger partial charge in [-0.1, -0.05) is 5.16 Å². The Hall–Kier alpha value is -1.43. The van der Waals surface area contributed by atoms with Gasteiger partial charge in [0.1, 0.15) is 12.0 Å². The van der Waals surface area contributed by atoms with Crippen LogP contribution < -0.4 is 0 Å². The normalized spacial score (nSPS) is 18.2. The number of rotatable bonds is 4. The van der Waals surface area contributed by atoms with Gasteiger partial charge in [-0.25, -0.2) is 0 Å². The molecule has 1 heterocycles. The molecule has 6 nitrogen and oxygen atoms in total. The maximum Gasteiger partial charge on any atom is 0.315 e. The first-order valence-corrected chi connectivity index (χ1v) is 5.65. The molecule has 2 rings (SSSR count). The standard InChI is InChI=1S/C11H16N2O4/c1-15-9(14)7-8-12-10(13-17-8)11(16-2)5-3-4-6-11/h3-7H2,1-2H3. The van der Waals surface area contributed by atoms with Crippen LogP contribution in [-0.2, 0) is 26.3 Å². The van der Waals surface area contributed by atoms with Gasteiger partial charge >= 0.3 is 5.97 Å². The second-order valence-corrected chi connectivity index (χ2v) is 4.17. The predicted molar refractivity (Wildman–Crippen MR) is 57.2 cm³/mol. The molecular weight excluding hydrogens is 224 g/mol. The number of carbonyl (C=O) groups is 1. The van der Waals surface area contributed by atoms with Crippen molar-refractivity contribution in [1.82, 2.24) is 10.1 Å². The SMILES string of the molecule is COC(=O)Cc1nc(C2(OC)CCCC2)no1. The fourth-order valence-corrected chi connectivity index (χ4v) is 2.17. The number of esters is 1. The van der Waals surface area contributed by atoms with Gasteiger partial charge in [-0.05, 0) is 25.7 Å². The molecule has 0 spiro atoms. The highest BCUT2D eigenvalue weighted by Gasteiger charge is 2.40. The molecule has 0 radical (unpaired) electrons. The van der Waals surface area contributed by atoms with E-state index in [1.54, 1.807) is 7.11 Å². The fourth-order valence-electron chi connectivity index (χ4n) is 2.17. The molecule has 1 aliphatic carbocycles. The number of aromatic nitrogens is 2. The van der Waals surface area contributed by atoms with Crippen LogP contribution >= 0.6 is 0 Å². The van der Waals surface area contributed by atoms with Gasteiger partial charge in [0.15, 0.2) is 0 Å². The molecule has 94 valence electrons. The van der Waals surface area contributed by atoms with Crippen molar-refractivity contribution in [3.63, 3.8) is 0 Å². The highest BCUT2D eigenvalue weighted by atomic mass is 16.5. The molecule has 0 aromatic carbocycles. The van der Waals surface area contributed by atoms with Crippen LogP contribution in [-0.4, -0.2) is 30.3 Å². The largest absolute Gasteiger partial charge is 0.469 e. The molecule has 0 N–H and O–H groups in total. The Labute approximate surface area is 99.3 Å². The highest BCUT2D eigenvalue weighted by Crippen LogP contribution is 2.40. The zero-order chi connectivity index (χ0) is 12.3. The summed E-state index contributed by atoms with van der Waals surface area (Å²) >= 11 is 0. The summed E-state index contributed by atoms with van der Waals surface area (Å²) in [6, 6.07) is 0. The van der Waals surface area contributed by atoms with Crippen LogP contribution in [0.4, 0.5) is 0 Å². The van der Waals surface area contributed by atoms with Crippen molar-refractivity contribution < 1.29 is 18.8 Å². The Balaban J connectivity index is 2.14. The van der Waals surface area contributed by atoms with E-state index in [1.165, 1.54) is 7.11 Å². The third kappa shape index (κ3) is 2.31. The zero-order valence-corrected chi connectivity index (χ0v) is 10.1. The summed E-state index contributed by atoms with van der Waals surface area (Å²) in [6.07, 6.45) is 3.97. The maximum absolute atomic E-state index is 11.1. The van der Waals surface area contributed by atoms with E-state index in [0.29, 0.717) is 5.82 Å². The number of ether oxygens (including phenoxy) is 2. The molecule has 0 amide bonds. The first kappa shape index (κ1) is 12.0. The van der Waals surface area contributed by atoms with E-state index in [2.05, 4.69) is 14.9 Å². The van der Waals surface area contributed by atoms with Crippen molar-refractivity contribution in [3.8, 4) is 0 Å². The Morgan fingerprint density at radius 1 is 1.41 bits per heavy atom. The molecule has 1 aliphatic rings. The van der Waals surface area contributed by atoms with Gasteiger partial charge in [0.05, 0.1) is 7.11 Å². The van der Waals surface area contributed by atoms with Crippen LogP contribution in [0.15, 0.2) is 4.52 Å². The summed E-state index contributed by atoms with van der Waals surface area (Å²) in [6.45, 7) is 0. The van der Waals surface area contributed by atoms with Gasteiger partial charge < -0.3 is 14.0 Å². The molecule has 1 saturated carbocycles. The Morgan fingerprint density at radius 2 is 2.12 bits per heavy atom. The van der Waals surface area contributed by atoms with Crippen LogP contribution in [0.1, 0.15) is 37.4 Å². The van der Waals surface area contributed by atoms with Crippen LogP contribution in [0.3, 0.4) is 0 Å². The summed E-state index contributed by atoms with van der Waals surface area (Å²) in [5.74, 6) is 0.421. The lowest BCUT2D eigenvalue weighted by molar-refractivity contribution is -0.140. The minimum absolute atomic E-state index is 0.00327. The predicted octanol–water partition coefficient (Wildman–Crippen LogP) is 1.20. The van der Waals surface area contributed by atoms with E-state index in [9.17, 15) is 4.79 Å². The van der Waals surface area contributed by atoms with Crippen LogP contribution in [0.5, 0.6) is 0 Å². The molecule has 17 heavy (non-hydrogen) atoms. The summed E-state index contributed by atoms with van der Waals surface area (Å²) in [7, 11) is 2.98. The monoisotopic (exact) mass is 240 g/mol. The Kier molecular flexibility index (Phi) is 3.42. The smallest absolute Gasteiger partial charge is 0.315 e. The fraction of sp³-hybridized carbons (Fsp3) is 0.727. The van der Waals surface area contributed by atoms with E-state index < -0.39 is 11.6 Å². The Morgan fingerprint density at radius 3 is 2.71 bits per heavy atom. The van der Waals surface area contributed by atoms with E-state index in [1.807, 2.05) is 0 Å². The van der Waals surface area contributed by atoms with E-state index in [-0.39, 0.29) is 12.3 Å². The van der Waals surface area contributed by atoms with Crippen molar-refractivity contribution in [1.29, 1.82) is 0 Å². The van der Waals surface area contributed by atoms with Gasteiger partial charge in [0, 0.05) is 7.11 Å². The van der Waals surface area contributed by atoms with Crippen molar-refractivity contribution in [3.05, 3.63) is 11.7 Å². The van der Waals surface area contributed by atoms with Crippen LogP contribution in [0.25, 0.3) is 0 Å². The van der Waals surface area contributed by atoms with Crippen molar-refractivity contribution in [2.75, 3.05) is 14.2 Å². The van der Waals surface area contributed by atoms with Crippen molar-refractivity contribution in [2.24, 2.45) is 0 Å². The van der Waals surface area contributed by atoms with E-state index in [0.717, 1.165) is 25.7 Å². The molecule has 0 aliphatic heterocycles. The Bertz CT molecular complexity index is 396. The summed E-state index contributed by atoms with van der Waals surface area (Å²) in [4.78, 5) is 15.3. The lowest BCUT2D eigenvalue weighted by atomic mass is 10.0. The maximum atomic E-state index is 11.1. The first-order valence-electron chi connectivity index (χ1n) is 5.65. The lowest BCUT2D eigenvalue weighted by Gasteiger charge is -2.22. The molecule has 0 bridgehead atoms. The quantitative estimate of drug-likeness (QED) is 0.736. The number of carbonyl (C=O) groups excluding carboxylic acids is 1. The molecule has 0 saturated heterocycles. The van der Waals surface area contributed by atoms with Gasteiger partial charge in [-0.15, -0.1) is 0 Å². The topological polar surface area (TPSA) is 74.5 Å². The number of nitrogens with zero attached hydrogens (tertiary/aromatic N) is 2. The van der Waals surface area contributed by atoms with Gasteiger partial charge in [0.2, 0.25) is 11.7 Å². The van der Waals surface area contributed by atoms with Crippen molar-refractivity contribution in [2.45, 2.75) is 37.7 Å². The van der Waals surface area contributed by atoms with Gasteiger partial charge in [-0.2, -0.15) is 4.98 Å². The lowest BCUT2D eigenvalue weighted by Crippen LogP contribution is -2.26. The number of hydrogen-bond acceptors (Lipinski definition) is 6. The summed E-state index contributed by atoms with van der Waals surface area (Å²) in [5, 5.41) is 3.91. The van der Waals surface area contributed by atoms with Crippen LogP contribution in [0.2, 0.25) is 0 Å². The number of hydrogen-bond donors (Lipinski definition) is 0. The highest BCUT2D eigenvalue weighted by molar-refractivity contribution is 5.71. The first-order chi connectivity index (χ1) is 8.20. The average Bonchev–Trinajstić information content (AvgIpc) is 2.97. The van der Waals surface area contributed by atoms with E-state index in [4.69, 9.17) is 9.26 Å². The van der Waals surface area contributed by atoms with Crippen LogP contribution in [0, 0.1) is 0 Å². The van der Waals surface area contributed by atoms with Crippen molar-refractivity contribution >= 4 is 5.97 Å². The summed E-state index contributed by atoms with van der Waals surface area (Å²) in [5.41, 5.74) is -0.433. The zero-order valence-electron chi connectivity index (χ0n) is 10.1. The van der Waals surface area contributed by atoms with E-state index >= 15 is 0 Å². The minimum atomic E-state index is -0.433. The molecule has 1 fully saturated rings. The second-order valence-electron chi connectivity index (χ2n) is 4.17. The molecule has 0 unspecified atom stereocenters. The molecule has 1 aromatic heterocycles. The minimum Gasteiger partial charge on any atom is -0.469 e. The summed E-state index contributed by atoms with van der Waals surface area (Å²) < 4.78 is 15.1. The molecular formula is C11H16N2O4. The molecule has 6 heteroatoms. The third-order valence-electron chi connectivity index (χ3n) is 3.20. The van der Waals surface area contributed by atoms with Gasteiger partial charge in [-0.3, -0.25) is 4.79 Å². The average molecular weight is 240 g/mol. The molecule has 1 aromatic rings. The van der Waals surface area contributed by atoms with Gasteiger partial charge in [0.25, 0.3) is 0 Å². The molecule has 0 atom stereocenters. The number of methoxy groups -OCH3 is 2. The second kappa shape index (κ2) is 4.83. The third-order valence-corrected chi connectivity index (χ3v) is 3.20.